The first-order valence-corrected chi connectivity index (χ1v) is 7.14. The molecule has 0 saturated heterocycles. The number of hydrogen-bond acceptors (Lipinski definition) is 2. The van der Waals surface area contributed by atoms with Crippen LogP contribution in [0, 0.1) is 5.92 Å². The third-order valence-electron chi connectivity index (χ3n) is 3.97. The van der Waals surface area contributed by atoms with E-state index in [2.05, 4.69) is 40.3 Å². The van der Waals surface area contributed by atoms with Crippen molar-refractivity contribution in [1.29, 1.82) is 0 Å². The summed E-state index contributed by atoms with van der Waals surface area (Å²) in [4.78, 5) is 0. The summed E-state index contributed by atoms with van der Waals surface area (Å²) in [5.74, 6) is 0.580. The summed E-state index contributed by atoms with van der Waals surface area (Å²) >= 11 is 3.44. The van der Waals surface area contributed by atoms with Crippen molar-refractivity contribution < 1.29 is 5.11 Å². The van der Waals surface area contributed by atoms with Crippen molar-refractivity contribution in [3.8, 4) is 0 Å². The highest BCUT2D eigenvalue weighted by Gasteiger charge is 2.41. The molecule has 2 nitrogen and oxygen atoms in total. The third-order valence-corrected chi connectivity index (χ3v) is 4.50. The highest BCUT2D eigenvalue weighted by Crippen LogP contribution is 2.40. The van der Waals surface area contributed by atoms with Gasteiger partial charge in [-0.25, -0.2) is 0 Å². The van der Waals surface area contributed by atoms with Gasteiger partial charge in [-0.2, -0.15) is 0 Å². The van der Waals surface area contributed by atoms with Crippen molar-refractivity contribution in [3.05, 3.63) is 28.7 Å². The minimum Gasteiger partial charge on any atom is -0.394 e. The normalized spacial score (nSPS) is 28.3. The van der Waals surface area contributed by atoms with Crippen molar-refractivity contribution in [2.24, 2.45) is 5.92 Å². The van der Waals surface area contributed by atoms with E-state index in [1.807, 2.05) is 12.1 Å². The maximum absolute atomic E-state index is 9.76. The Bertz CT molecular complexity index is 365. The fourth-order valence-electron chi connectivity index (χ4n) is 2.97. The lowest BCUT2D eigenvalue weighted by Gasteiger charge is -2.35. The summed E-state index contributed by atoms with van der Waals surface area (Å²) in [7, 11) is 0. The van der Waals surface area contributed by atoms with Gasteiger partial charge in [0, 0.05) is 10.2 Å². The third kappa shape index (κ3) is 2.66. The molecule has 17 heavy (non-hydrogen) atoms. The van der Waals surface area contributed by atoms with Crippen LogP contribution >= 0.6 is 15.9 Å². The van der Waals surface area contributed by atoms with Crippen LogP contribution in [0.5, 0.6) is 0 Å². The zero-order chi connectivity index (χ0) is 12.3. The molecule has 0 heterocycles. The molecule has 2 atom stereocenters. The average Bonchev–Trinajstić information content (AvgIpc) is 2.75. The number of halogens is 1. The zero-order valence-electron chi connectivity index (χ0n) is 10.2. The van der Waals surface area contributed by atoms with E-state index in [0.29, 0.717) is 5.92 Å². The second kappa shape index (κ2) is 5.40. The Balaban J connectivity index is 2.16. The second-order valence-electron chi connectivity index (χ2n) is 4.94. The molecule has 2 rings (SSSR count). The predicted octanol–water partition coefficient (Wildman–Crippen LogP) is 3.80. The first kappa shape index (κ1) is 12.9. The molecule has 1 aromatic carbocycles. The molecule has 1 saturated carbocycles. The van der Waals surface area contributed by atoms with Gasteiger partial charge in [0.2, 0.25) is 0 Å². The van der Waals surface area contributed by atoms with Gasteiger partial charge in [0.05, 0.1) is 12.1 Å². The van der Waals surface area contributed by atoms with Gasteiger partial charge in [-0.3, -0.25) is 0 Å². The molecule has 2 N–H and O–H groups in total. The van der Waals surface area contributed by atoms with Crippen LogP contribution in [0.2, 0.25) is 0 Å². The first-order chi connectivity index (χ1) is 8.20. The van der Waals surface area contributed by atoms with Crippen LogP contribution in [0.3, 0.4) is 0 Å². The van der Waals surface area contributed by atoms with Crippen LogP contribution in [-0.2, 0) is 0 Å². The van der Waals surface area contributed by atoms with Gasteiger partial charge in [0.1, 0.15) is 0 Å². The fourth-order valence-corrected chi connectivity index (χ4v) is 3.24. The molecule has 0 radical (unpaired) electrons. The van der Waals surface area contributed by atoms with Crippen molar-refractivity contribution in [3.63, 3.8) is 0 Å². The molecule has 1 aliphatic carbocycles. The number of nitrogens with one attached hydrogen (secondary N) is 1. The van der Waals surface area contributed by atoms with Gasteiger partial charge in [0.25, 0.3) is 0 Å². The maximum atomic E-state index is 9.76. The molecule has 2 unspecified atom stereocenters. The van der Waals surface area contributed by atoms with Crippen LogP contribution < -0.4 is 5.32 Å². The van der Waals surface area contributed by atoms with Gasteiger partial charge in [-0.05, 0) is 43.0 Å². The second-order valence-corrected chi connectivity index (χ2v) is 5.86. The summed E-state index contributed by atoms with van der Waals surface area (Å²) < 4.78 is 1.08. The van der Waals surface area contributed by atoms with Crippen molar-refractivity contribution in [2.45, 2.75) is 38.1 Å². The first-order valence-electron chi connectivity index (χ1n) is 6.35. The number of rotatable bonds is 4. The predicted molar refractivity (Wildman–Crippen MR) is 75.2 cm³/mol. The molecule has 0 spiro atoms. The zero-order valence-corrected chi connectivity index (χ0v) is 11.8. The van der Waals surface area contributed by atoms with E-state index in [1.54, 1.807) is 0 Å². The van der Waals surface area contributed by atoms with Gasteiger partial charge < -0.3 is 10.4 Å². The quantitative estimate of drug-likeness (QED) is 0.886. The van der Waals surface area contributed by atoms with E-state index in [9.17, 15) is 5.11 Å². The molecule has 0 amide bonds. The van der Waals surface area contributed by atoms with E-state index in [1.165, 1.54) is 12.8 Å². The summed E-state index contributed by atoms with van der Waals surface area (Å²) in [6, 6.07) is 8.19. The smallest absolute Gasteiger partial charge is 0.0664 e. The Labute approximate surface area is 112 Å². The van der Waals surface area contributed by atoms with Gasteiger partial charge in [-0.15, -0.1) is 0 Å². The summed E-state index contributed by atoms with van der Waals surface area (Å²) in [5.41, 5.74) is 0.991. The van der Waals surface area contributed by atoms with Crippen LogP contribution in [0.4, 0.5) is 5.69 Å². The van der Waals surface area contributed by atoms with Crippen molar-refractivity contribution >= 4 is 21.6 Å². The maximum Gasteiger partial charge on any atom is 0.0664 e. The molecule has 0 aliphatic heterocycles. The van der Waals surface area contributed by atoms with Crippen LogP contribution in [0.25, 0.3) is 0 Å². The molecule has 0 bridgehead atoms. The summed E-state index contributed by atoms with van der Waals surface area (Å²) in [6.45, 7) is 2.44. The Morgan fingerprint density at radius 3 is 2.71 bits per heavy atom. The van der Waals surface area contributed by atoms with Crippen molar-refractivity contribution in [2.75, 3.05) is 11.9 Å². The average molecular weight is 298 g/mol. The molecular weight excluding hydrogens is 278 g/mol. The number of aliphatic hydroxyl groups excluding tert-OH is 1. The molecule has 1 aliphatic rings. The SMILES string of the molecule is CCC1CCCC1(CO)Nc1ccc(Br)cc1. The van der Waals surface area contributed by atoms with Gasteiger partial charge >= 0.3 is 0 Å². The van der Waals surface area contributed by atoms with E-state index >= 15 is 0 Å². The lowest BCUT2D eigenvalue weighted by atomic mass is 9.85. The minimum absolute atomic E-state index is 0.109. The highest BCUT2D eigenvalue weighted by molar-refractivity contribution is 9.10. The van der Waals surface area contributed by atoms with E-state index in [0.717, 1.165) is 23.0 Å². The number of hydrogen-bond donors (Lipinski definition) is 2. The van der Waals surface area contributed by atoms with Crippen LogP contribution in [0.15, 0.2) is 28.7 Å². The molecule has 3 heteroatoms. The molecule has 0 aromatic heterocycles. The molecule has 1 fully saturated rings. The standard InChI is InChI=1S/C14H20BrNO/c1-2-11-4-3-9-14(11,10-17)16-13-7-5-12(15)6-8-13/h5-8,11,16-17H,2-4,9-10H2,1H3. The van der Waals surface area contributed by atoms with Crippen molar-refractivity contribution in [1.82, 2.24) is 0 Å². The summed E-state index contributed by atoms with van der Waals surface area (Å²) in [6.07, 6.45) is 4.63. The van der Waals surface area contributed by atoms with Gasteiger partial charge in [0.15, 0.2) is 0 Å². The Hall–Kier alpha value is -0.540. The Kier molecular flexibility index (Phi) is 4.10. The number of benzene rings is 1. The largest absolute Gasteiger partial charge is 0.394 e. The fraction of sp³-hybridized carbons (Fsp3) is 0.571. The monoisotopic (exact) mass is 297 g/mol. The minimum atomic E-state index is -0.109. The molecule has 1 aromatic rings. The van der Waals surface area contributed by atoms with Crippen LogP contribution in [0.1, 0.15) is 32.6 Å². The van der Waals surface area contributed by atoms with Gasteiger partial charge in [-0.1, -0.05) is 35.7 Å². The van der Waals surface area contributed by atoms with E-state index < -0.39 is 0 Å². The Morgan fingerprint density at radius 2 is 2.12 bits per heavy atom. The van der Waals surface area contributed by atoms with E-state index in [-0.39, 0.29) is 12.1 Å². The molecule has 94 valence electrons. The number of aliphatic hydroxyl groups is 1. The Morgan fingerprint density at radius 1 is 1.41 bits per heavy atom. The number of anilines is 1. The summed E-state index contributed by atoms with van der Waals surface area (Å²) in [5, 5.41) is 13.3. The topological polar surface area (TPSA) is 32.3 Å². The van der Waals surface area contributed by atoms with E-state index in [4.69, 9.17) is 0 Å². The molecular formula is C14H20BrNO. The highest BCUT2D eigenvalue weighted by atomic mass is 79.9. The van der Waals surface area contributed by atoms with Crippen LogP contribution in [-0.4, -0.2) is 17.3 Å². The lowest BCUT2D eigenvalue weighted by molar-refractivity contribution is 0.174. The lowest BCUT2D eigenvalue weighted by Crippen LogP contribution is -2.45.